The number of anilines is 2. The van der Waals surface area contributed by atoms with Gasteiger partial charge in [-0.2, -0.15) is 11.8 Å². The first-order chi connectivity index (χ1) is 11.2. The van der Waals surface area contributed by atoms with Crippen molar-refractivity contribution in [3.05, 3.63) is 23.3 Å². The summed E-state index contributed by atoms with van der Waals surface area (Å²) < 4.78 is 0. The Morgan fingerprint density at radius 2 is 1.96 bits per heavy atom. The van der Waals surface area contributed by atoms with Gasteiger partial charge in [0.2, 0.25) is 11.8 Å². The quantitative estimate of drug-likeness (QED) is 0.759. The number of aliphatic carboxylic acids is 1. The zero-order valence-corrected chi connectivity index (χ0v) is 14.9. The molecule has 2 rings (SSSR count). The molecule has 6 nitrogen and oxygen atoms in total. The molecule has 0 bridgehead atoms. The molecule has 0 spiro atoms. The molecule has 130 valence electrons. The smallest absolute Gasteiger partial charge is 0.311 e. The van der Waals surface area contributed by atoms with Gasteiger partial charge in [0.25, 0.3) is 0 Å². The standard InChI is InChI=1S/C17H22N2O4S/c1-10-4-5-13(11(2)15(10)18-12(3)20)19-14(21)8-17(16(22)23)6-7-24-9-17/h4-5H,6-9H2,1-3H3,(H,18,20)(H,19,21)(H,22,23)/t17-/m1/s1. The van der Waals surface area contributed by atoms with Gasteiger partial charge in [-0.15, -0.1) is 0 Å². The van der Waals surface area contributed by atoms with E-state index < -0.39 is 11.4 Å². The maximum atomic E-state index is 12.4. The average Bonchev–Trinajstić information content (AvgIpc) is 2.96. The largest absolute Gasteiger partial charge is 0.481 e. The maximum Gasteiger partial charge on any atom is 0.311 e. The van der Waals surface area contributed by atoms with Crippen LogP contribution in [0.25, 0.3) is 0 Å². The predicted octanol–water partition coefficient (Wildman–Crippen LogP) is 2.80. The molecule has 1 atom stereocenters. The van der Waals surface area contributed by atoms with E-state index in [1.54, 1.807) is 17.8 Å². The Kier molecular flexibility index (Phi) is 5.54. The molecule has 0 unspecified atom stereocenters. The highest BCUT2D eigenvalue weighted by atomic mass is 32.2. The minimum atomic E-state index is -0.978. The highest BCUT2D eigenvalue weighted by molar-refractivity contribution is 7.99. The molecular formula is C17H22N2O4S. The fraction of sp³-hybridized carbons (Fsp3) is 0.471. The van der Waals surface area contributed by atoms with Crippen molar-refractivity contribution in [3.8, 4) is 0 Å². The first kappa shape index (κ1) is 18.3. The highest BCUT2D eigenvalue weighted by Crippen LogP contribution is 2.39. The first-order valence-electron chi connectivity index (χ1n) is 7.74. The van der Waals surface area contributed by atoms with Gasteiger partial charge in [-0.1, -0.05) is 6.07 Å². The van der Waals surface area contributed by atoms with Gasteiger partial charge < -0.3 is 15.7 Å². The van der Waals surface area contributed by atoms with E-state index in [-0.39, 0.29) is 18.2 Å². The number of rotatable bonds is 5. The molecule has 1 aliphatic heterocycles. The van der Waals surface area contributed by atoms with Crippen molar-refractivity contribution in [2.45, 2.75) is 33.6 Å². The van der Waals surface area contributed by atoms with E-state index in [1.807, 2.05) is 19.9 Å². The Hall–Kier alpha value is -2.02. The number of hydrogen-bond acceptors (Lipinski definition) is 4. The molecule has 1 aromatic rings. The van der Waals surface area contributed by atoms with E-state index in [0.29, 0.717) is 23.5 Å². The average molecular weight is 350 g/mol. The van der Waals surface area contributed by atoms with Crippen LogP contribution >= 0.6 is 11.8 Å². The van der Waals surface area contributed by atoms with Crippen LogP contribution in [0.4, 0.5) is 11.4 Å². The number of aryl methyl sites for hydroxylation is 1. The lowest BCUT2D eigenvalue weighted by Gasteiger charge is -2.23. The minimum absolute atomic E-state index is 0.0435. The van der Waals surface area contributed by atoms with Gasteiger partial charge in [0.05, 0.1) is 5.41 Å². The van der Waals surface area contributed by atoms with Crippen LogP contribution < -0.4 is 10.6 Å². The molecular weight excluding hydrogens is 328 g/mol. The lowest BCUT2D eigenvalue weighted by atomic mass is 9.84. The number of carboxylic acid groups (broad SMARTS) is 1. The number of hydrogen-bond donors (Lipinski definition) is 3. The van der Waals surface area contributed by atoms with Crippen LogP contribution in [0.2, 0.25) is 0 Å². The molecule has 3 N–H and O–H groups in total. The van der Waals surface area contributed by atoms with E-state index >= 15 is 0 Å². The molecule has 0 aromatic heterocycles. The molecule has 0 aliphatic carbocycles. The third-order valence-electron chi connectivity index (χ3n) is 4.30. The van der Waals surface area contributed by atoms with Gasteiger partial charge in [-0.25, -0.2) is 0 Å². The fourth-order valence-corrected chi connectivity index (χ4v) is 4.28. The highest BCUT2D eigenvalue weighted by Gasteiger charge is 2.43. The monoisotopic (exact) mass is 350 g/mol. The SMILES string of the molecule is CC(=O)Nc1c(C)ccc(NC(=O)C[C@]2(C(=O)O)CCSC2)c1C. The van der Waals surface area contributed by atoms with Crippen molar-refractivity contribution >= 4 is 40.9 Å². The van der Waals surface area contributed by atoms with Gasteiger partial charge in [0.1, 0.15) is 0 Å². The lowest BCUT2D eigenvalue weighted by Crippen LogP contribution is -2.35. The van der Waals surface area contributed by atoms with Crippen LogP contribution in [0.1, 0.15) is 30.9 Å². The molecule has 1 saturated heterocycles. The van der Waals surface area contributed by atoms with E-state index in [2.05, 4.69) is 10.6 Å². The predicted molar refractivity (Wildman–Crippen MR) is 95.5 cm³/mol. The Morgan fingerprint density at radius 1 is 1.25 bits per heavy atom. The van der Waals surface area contributed by atoms with Crippen LogP contribution in [0.3, 0.4) is 0 Å². The lowest BCUT2D eigenvalue weighted by molar-refractivity contribution is -0.149. The Labute approximate surface area is 145 Å². The van der Waals surface area contributed by atoms with E-state index in [0.717, 1.165) is 16.9 Å². The summed E-state index contributed by atoms with van der Waals surface area (Å²) in [5.41, 5.74) is 1.93. The molecule has 1 heterocycles. The van der Waals surface area contributed by atoms with Crippen molar-refractivity contribution in [2.24, 2.45) is 5.41 Å². The maximum absolute atomic E-state index is 12.4. The van der Waals surface area contributed by atoms with E-state index in [1.165, 1.54) is 6.92 Å². The zero-order chi connectivity index (χ0) is 17.9. The van der Waals surface area contributed by atoms with Crippen LogP contribution in [-0.2, 0) is 14.4 Å². The number of amides is 2. The molecule has 24 heavy (non-hydrogen) atoms. The molecule has 1 aromatic carbocycles. The van der Waals surface area contributed by atoms with Crippen molar-refractivity contribution in [2.75, 3.05) is 22.1 Å². The number of nitrogens with one attached hydrogen (secondary N) is 2. The summed E-state index contributed by atoms with van der Waals surface area (Å²) in [5, 5.41) is 15.0. The normalized spacial score (nSPS) is 19.8. The molecule has 1 fully saturated rings. The minimum Gasteiger partial charge on any atom is -0.481 e. The molecule has 0 radical (unpaired) electrons. The summed E-state index contributed by atoms with van der Waals surface area (Å²) in [5.74, 6) is -0.199. The van der Waals surface area contributed by atoms with Crippen molar-refractivity contribution in [1.82, 2.24) is 0 Å². The number of benzene rings is 1. The third-order valence-corrected chi connectivity index (χ3v) is 5.55. The number of carboxylic acids is 1. The second-order valence-corrected chi connectivity index (χ2v) is 7.33. The van der Waals surface area contributed by atoms with Gasteiger partial charge in [-0.3, -0.25) is 14.4 Å². The van der Waals surface area contributed by atoms with E-state index in [9.17, 15) is 19.5 Å². The molecule has 7 heteroatoms. The summed E-state index contributed by atoms with van der Waals surface area (Å²) in [6.45, 7) is 5.11. The van der Waals surface area contributed by atoms with Crippen molar-refractivity contribution in [3.63, 3.8) is 0 Å². The van der Waals surface area contributed by atoms with Crippen LogP contribution in [-0.4, -0.2) is 34.4 Å². The van der Waals surface area contributed by atoms with Crippen LogP contribution in [0, 0.1) is 19.3 Å². The van der Waals surface area contributed by atoms with Crippen molar-refractivity contribution in [1.29, 1.82) is 0 Å². The first-order valence-corrected chi connectivity index (χ1v) is 8.89. The zero-order valence-electron chi connectivity index (χ0n) is 14.1. The number of carbonyl (C=O) groups is 3. The topological polar surface area (TPSA) is 95.5 Å². The van der Waals surface area contributed by atoms with Crippen LogP contribution in [0.5, 0.6) is 0 Å². The van der Waals surface area contributed by atoms with Gasteiger partial charge in [0.15, 0.2) is 0 Å². The van der Waals surface area contributed by atoms with Crippen LogP contribution in [0.15, 0.2) is 12.1 Å². The molecule has 2 amide bonds. The van der Waals surface area contributed by atoms with Gasteiger partial charge in [0, 0.05) is 30.5 Å². The summed E-state index contributed by atoms with van der Waals surface area (Å²) in [6.07, 6.45) is 0.461. The Balaban J connectivity index is 2.17. The van der Waals surface area contributed by atoms with Crippen molar-refractivity contribution < 1.29 is 19.5 Å². The third kappa shape index (κ3) is 3.90. The number of thioether (sulfide) groups is 1. The van der Waals surface area contributed by atoms with Gasteiger partial charge >= 0.3 is 5.97 Å². The van der Waals surface area contributed by atoms with Gasteiger partial charge in [-0.05, 0) is 43.2 Å². The molecule has 0 saturated carbocycles. The second kappa shape index (κ2) is 7.25. The second-order valence-electron chi connectivity index (χ2n) is 6.22. The number of carbonyl (C=O) groups excluding carboxylic acids is 2. The Morgan fingerprint density at radius 3 is 2.50 bits per heavy atom. The summed E-state index contributed by atoms with van der Waals surface area (Å²) in [6, 6.07) is 3.58. The summed E-state index contributed by atoms with van der Waals surface area (Å²) >= 11 is 1.56. The van der Waals surface area contributed by atoms with E-state index in [4.69, 9.17) is 0 Å². The summed E-state index contributed by atoms with van der Waals surface area (Å²) in [4.78, 5) is 35.3. The molecule has 1 aliphatic rings. The Bertz CT molecular complexity index is 681. The summed E-state index contributed by atoms with van der Waals surface area (Å²) in [7, 11) is 0. The fourth-order valence-electron chi connectivity index (χ4n) is 2.84.